The molecule has 1 aliphatic carbocycles. The standard InChI is InChI=1S/C17H18F2N2O2S/c1-17(2,3)23-16(22)21-15-20-13(14(24-15)9-4-5-9)10-6-7-11(18)12(19)8-10/h6-9H,4-5H2,1-3H3,(H,20,21,22). The van der Waals surface area contributed by atoms with Crippen molar-refractivity contribution in [1.29, 1.82) is 0 Å². The van der Waals surface area contributed by atoms with E-state index in [9.17, 15) is 13.6 Å². The lowest BCUT2D eigenvalue weighted by molar-refractivity contribution is 0.0636. The van der Waals surface area contributed by atoms with Crippen molar-refractivity contribution in [3.8, 4) is 11.3 Å². The van der Waals surface area contributed by atoms with Crippen LogP contribution in [0.2, 0.25) is 0 Å². The maximum atomic E-state index is 13.5. The van der Waals surface area contributed by atoms with Crippen LogP contribution < -0.4 is 5.32 Å². The van der Waals surface area contributed by atoms with E-state index in [-0.39, 0.29) is 0 Å². The third kappa shape index (κ3) is 3.90. The van der Waals surface area contributed by atoms with Gasteiger partial charge in [0, 0.05) is 10.4 Å². The third-order valence-electron chi connectivity index (χ3n) is 3.40. The Kier molecular flexibility index (Phi) is 4.29. The molecule has 4 nitrogen and oxygen atoms in total. The zero-order chi connectivity index (χ0) is 17.5. The van der Waals surface area contributed by atoms with E-state index in [4.69, 9.17) is 4.74 Å². The molecule has 3 rings (SSSR count). The first-order valence-electron chi connectivity index (χ1n) is 7.69. The fourth-order valence-electron chi connectivity index (χ4n) is 2.25. The van der Waals surface area contributed by atoms with Crippen LogP contribution in [0.1, 0.15) is 44.4 Å². The number of nitrogens with one attached hydrogen (secondary N) is 1. The van der Waals surface area contributed by atoms with Crippen LogP contribution in [-0.4, -0.2) is 16.7 Å². The number of amides is 1. The van der Waals surface area contributed by atoms with Crippen molar-refractivity contribution in [2.75, 3.05) is 5.32 Å². The summed E-state index contributed by atoms with van der Waals surface area (Å²) in [5, 5.41) is 3.01. The van der Waals surface area contributed by atoms with Crippen molar-refractivity contribution in [1.82, 2.24) is 4.98 Å². The largest absolute Gasteiger partial charge is 0.444 e. The van der Waals surface area contributed by atoms with E-state index >= 15 is 0 Å². The molecule has 1 saturated carbocycles. The van der Waals surface area contributed by atoms with E-state index in [0.29, 0.717) is 22.3 Å². The normalized spacial score (nSPS) is 14.5. The molecule has 2 aromatic rings. The molecular weight excluding hydrogens is 334 g/mol. The van der Waals surface area contributed by atoms with Crippen molar-refractivity contribution in [3.63, 3.8) is 0 Å². The van der Waals surface area contributed by atoms with Gasteiger partial charge in [0.15, 0.2) is 16.8 Å². The average Bonchev–Trinajstić information content (AvgIpc) is 3.21. The van der Waals surface area contributed by atoms with Gasteiger partial charge in [-0.15, -0.1) is 11.3 Å². The molecular formula is C17H18F2N2O2S. The van der Waals surface area contributed by atoms with Gasteiger partial charge in [-0.2, -0.15) is 0 Å². The molecule has 0 atom stereocenters. The molecule has 1 fully saturated rings. The summed E-state index contributed by atoms with van der Waals surface area (Å²) in [6.45, 7) is 5.32. The van der Waals surface area contributed by atoms with Crippen LogP contribution in [0.25, 0.3) is 11.3 Å². The number of aromatic nitrogens is 1. The lowest BCUT2D eigenvalue weighted by Crippen LogP contribution is -2.27. The van der Waals surface area contributed by atoms with Gasteiger partial charge in [0.25, 0.3) is 0 Å². The Morgan fingerprint density at radius 3 is 2.58 bits per heavy atom. The highest BCUT2D eigenvalue weighted by Crippen LogP contribution is 2.48. The molecule has 0 bridgehead atoms. The maximum absolute atomic E-state index is 13.5. The Bertz CT molecular complexity index is 779. The lowest BCUT2D eigenvalue weighted by Gasteiger charge is -2.18. The van der Waals surface area contributed by atoms with Gasteiger partial charge in [0.2, 0.25) is 0 Å². The first kappa shape index (κ1) is 16.8. The van der Waals surface area contributed by atoms with Crippen molar-refractivity contribution >= 4 is 22.6 Å². The van der Waals surface area contributed by atoms with Crippen molar-refractivity contribution in [2.45, 2.75) is 45.1 Å². The van der Waals surface area contributed by atoms with Crippen molar-refractivity contribution in [2.24, 2.45) is 0 Å². The second-order valence-corrected chi connectivity index (χ2v) is 7.79. The van der Waals surface area contributed by atoms with Crippen molar-refractivity contribution < 1.29 is 18.3 Å². The Labute approximate surface area is 142 Å². The number of nitrogens with zero attached hydrogens (tertiary/aromatic N) is 1. The molecule has 1 heterocycles. The summed E-state index contributed by atoms with van der Waals surface area (Å²) >= 11 is 1.35. The number of halogens is 2. The number of carbonyl (C=O) groups excluding carboxylic acids is 1. The van der Waals surface area contributed by atoms with Crippen LogP contribution in [0.15, 0.2) is 18.2 Å². The van der Waals surface area contributed by atoms with Crippen LogP contribution >= 0.6 is 11.3 Å². The number of ether oxygens (including phenoxy) is 1. The highest BCUT2D eigenvalue weighted by atomic mass is 32.1. The predicted octanol–water partition coefficient (Wildman–Crippen LogP) is 5.31. The summed E-state index contributed by atoms with van der Waals surface area (Å²) in [4.78, 5) is 17.3. The van der Waals surface area contributed by atoms with E-state index in [1.54, 1.807) is 20.8 Å². The van der Waals surface area contributed by atoms with Gasteiger partial charge in [-0.05, 0) is 57.7 Å². The smallest absolute Gasteiger partial charge is 0.413 e. The zero-order valence-electron chi connectivity index (χ0n) is 13.7. The molecule has 0 spiro atoms. The van der Waals surface area contributed by atoms with Crippen molar-refractivity contribution in [3.05, 3.63) is 34.7 Å². The fourth-order valence-corrected chi connectivity index (χ4v) is 3.39. The minimum atomic E-state index is -0.913. The highest BCUT2D eigenvalue weighted by molar-refractivity contribution is 7.16. The molecule has 1 aromatic carbocycles. The molecule has 0 saturated heterocycles. The number of hydrogen-bond donors (Lipinski definition) is 1. The number of carbonyl (C=O) groups is 1. The second kappa shape index (κ2) is 6.12. The second-order valence-electron chi connectivity index (χ2n) is 6.76. The summed E-state index contributed by atoms with van der Waals surface area (Å²) in [6, 6.07) is 3.71. The van der Waals surface area contributed by atoms with Gasteiger partial charge in [0.1, 0.15) is 5.60 Å². The Balaban J connectivity index is 1.88. The van der Waals surface area contributed by atoms with Gasteiger partial charge in [-0.1, -0.05) is 0 Å². The topological polar surface area (TPSA) is 51.2 Å². The molecule has 0 aliphatic heterocycles. The summed E-state index contributed by atoms with van der Waals surface area (Å²) < 4.78 is 31.9. The number of thiazole rings is 1. The molecule has 1 aromatic heterocycles. The molecule has 24 heavy (non-hydrogen) atoms. The Hall–Kier alpha value is -2.02. The molecule has 1 aliphatic rings. The van der Waals surface area contributed by atoms with E-state index in [2.05, 4.69) is 10.3 Å². The van der Waals surface area contributed by atoms with E-state index in [1.807, 2.05) is 0 Å². The summed E-state index contributed by atoms with van der Waals surface area (Å²) in [6.07, 6.45) is 1.48. The molecule has 128 valence electrons. The minimum absolute atomic E-state index is 0.361. The summed E-state index contributed by atoms with van der Waals surface area (Å²) in [7, 11) is 0. The molecule has 7 heteroatoms. The minimum Gasteiger partial charge on any atom is -0.444 e. The third-order valence-corrected chi connectivity index (χ3v) is 4.54. The van der Waals surface area contributed by atoms with Crippen LogP contribution in [0.3, 0.4) is 0 Å². The number of anilines is 1. The molecule has 1 N–H and O–H groups in total. The molecule has 1 amide bonds. The average molecular weight is 352 g/mol. The quantitative estimate of drug-likeness (QED) is 0.814. The first-order valence-corrected chi connectivity index (χ1v) is 8.51. The van der Waals surface area contributed by atoms with Gasteiger partial charge < -0.3 is 4.74 Å². The SMILES string of the molecule is CC(C)(C)OC(=O)Nc1nc(-c2ccc(F)c(F)c2)c(C2CC2)s1. The number of hydrogen-bond acceptors (Lipinski definition) is 4. The Morgan fingerprint density at radius 1 is 1.29 bits per heavy atom. The van der Waals surface area contributed by atoms with Gasteiger partial charge in [-0.3, -0.25) is 5.32 Å². The van der Waals surface area contributed by atoms with Crippen LogP contribution in [0.4, 0.5) is 18.7 Å². The molecule has 0 radical (unpaired) electrons. The van der Waals surface area contributed by atoms with Crippen LogP contribution in [0, 0.1) is 11.6 Å². The van der Waals surface area contributed by atoms with E-state index in [0.717, 1.165) is 29.9 Å². The Morgan fingerprint density at radius 2 is 2.00 bits per heavy atom. The van der Waals surface area contributed by atoms with Crippen LogP contribution in [-0.2, 0) is 4.74 Å². The maximum Gasteiger partial charge on any atom is 0.413 e. The van der Waals surface area contributed by atoms with Crippen LogP contribution in [0.5, 0.6) is 0 Å². The van der Waals surface area contributed by atoms with Gasteiger partial charge >= 0.3 is 6.09 Å². The summed E-state index contributed by atoms with van der Waals surface area (Å²) in [5.74, 6) is -1.45. The van der Waals surface area contributed by atoms with E-state index < -0.39 is 23.3 Å². The molecule has 0 unspecified atom stereocenters. The fraction of sp³-hybridized carbons (Fsp3) is 0.412. The lowest BCUT2D eigenvalue weighted by atomic mass is 10.1. The predicted molar refractivity (Wildman–Crippen MR) is 89.3 cm³/mol. The van der Waals surface area contributed by atoms with E-state index in [1.165, 1.54) is 17.4 Å². The first-order chi connectivity index (χ1) is 11.2. The highest BCUT2D eigenvalue weighted by Gasteiger charge is 2.31. The monoisotopic (exact) mass is 352 g/mol. The zero-order valence-corrected chi connectivity index (χ0v) is 14.5. The van der Waals surface area contributed by atoms with Gasteiger partial charge in [0.05, 0.1) is 5.69 Å². The van der Waals surface area contributed by atoms with Gasteiger partial charge in [-0.25, -0.2) is 18.6 Å². The summed E-state index contributed by atoms with van der Waals surface area (Å²) in [5.41, 5.74) is 0.487. The number of rotatable bonds is 3. The number of benzene rings is 1.